The molecule has 4 rings (SSSR count). The van der Waals surface area contributed by atoms with E-state index in [1.807, 2.05) is 19.1 Å². The zero-order valence-electron chi connectivity index (χ0n) is 17.0. The second-order valence-corrected chi connectivity index (χ2v) is 7.01. The van der Waals surface area contributed by atoms with Gasteiger partial charge in [-0.2, -0.15) is 18.3 Å². The van der Waals surface area contributed by atoms with E-state index in [1.165, 1.54) is 11.1 Å². The van der Waals surface area contributed by atoms with Crippen LogP contribution in [-0.4, -0.2) is 38.3 Å². The number of carboxylic acids is 1. The van der Waals surface area contributed by atoms with Crippen molar-refractivity contribution >= 4 is 11.9 Å². The van der Waals surface area contributed by atoms with Gasteiger partial charge in [0.2, 0.25) is 0 Å². The topological polar surface area (TPSA) is 120 Å². The monoisotopic (exact) mass is 447 g/mol. The molecule has 3 aromatic rings. The normalized spacial score (nSPS) is 12.5. The van der Waals surface area contributed by atoms with Gasteiger partial charge in [-0.15, -0.1) is 0 Å². The minimum Gasteiger partial charge on any atom is -0.475 e. The van der Waals surface area contributed by atoms with Gasteiger partial charge < -0.3 is 15.7 Å². The molecule has 0 saturated carbocycles. The molecule has 0 fully saturated rings. The second kappa shape index (κ2) is 9.60. The molecule has 1 aliphatic rings. The number of benzene rings is 2. The summed E-state index contributed by atoms with van der Waals surface area (Å²) in [5.74, 6) is -1.44. The van der Waals surface area contributed by atoms with Gasteiger partial charge >= 0.3 is 12.1 Å². The van der Waals surface area contributed by atoms with E-state index in [0.717, 1.165) is 30.0 Å². The maximum absolute atomic E-state index is 12.3. The quantitative estimate of drug-likeness (QED) is 0.488. The summed E-state index contributed by atoms with van der Waals surface area (Å²) in [6.45, 7) is 4.21. The van der Waals surface area contributed by atoms with Crippen molar-refractivity contribution in [2.45, 2.75) is 32.7 Å². The molecule has 4 N–H and O–H groups in total. The van der Waals surface area contributed by atoms with E-state index in [-0.39, 0.29) is 5.91 Å². The molecule has 0 atom stereocenters. The lowest BCUT2D eigenvalue weighted by molar-refractivity contribution is -0.192. The van der Waals surface area contributed by atoms with Crippen molar-refractivity contribution in [1.29, 1.82) is 0 Å². The smallest absolute Gasteiger partial charge is 0.475 e. The fourth-order valence-corrected chi connectivity index (χ4v) is 2.98. The predicted octanol–water partition coefficient (Wildman–Crippen LogP) is 2.95. The molecule has 0 unspecified atom stereocenters. The Bertz CT molecular complexity index is 1110. The number of rotatable bonds is 4. The lowest BCUT2D eigenvalue weighted by Gasteiger charge is -2.07. The number of fused-ring (bicyclic) bond motifs is 1. The van der Waals surface area contributed by atoms with Gasteiger partial charge in [0, 0.05) is 30.8 Å². The third kappa shape index (κ3) is 5.91. The Hall–Kier alpha value is -3.73. The number of amides is 1. The number of aryl methyl sites for hydroxylation is 1. The van der Waals surface area contributed by atoms with E-state index in [1.54, 1.807) is 12.1 Å². The zero-order chi connectivity index (χ0) is 23.3. The van der Waals surface area contributed by atoms with E-state index in [4.69, 9.17) is 9.90 Å². The molecule has 8 nitrogen and oxygen atoms in total. The second-order valence-electron chi connectivity index (χ2n) is 7.01. The maximum Gasteiger partial charge on any atom is 0.490 e. The van der Waals surface area contributed by atoms with Gasteiger partial charge in [0.1, 0.15) is 5.82 Å². The van der Waals surface area contributed by atoms with Gasteiger partial charge in [0.05, 0.1) is 0 Å². The van der Waals surface area contributed by atoms with Gasteiger partial charge in [-0.1, -0.05) is 30.3 Å². The summed E-state index contributed by atoms with van der Waals surface area (Å²) in [4.78, 5) is 25.5. The average molecular weight is 447 g/mol. The molecule has 1 aliphatic heterocycles. The van der Waals surface area contributed by atoms with E-state index >= 15 is 0 Å². The first-order chi connectivity index (χ1) is 15.1. The predicted molar refractivity (Wildman–Crippen MR) is 108 cm³/mol. The lowest BCUT2D eigenvalue weighted by Crippen LogP contribution is -2.22. The minimum atomic E-state index is -5.08. The first-order valence-corrected chi connectivity index (χ1v) is 9.52. The van der Waals surface area contributed by atoms with Crippen molar-refractivity contribution in [3.8, 4) is 11.4 Å². The highest BCUT2D eigenvalue weighted by atomic mass is 19.4. The summed E-state index contributed by atoms with van der Waals surface area (Å²) in [5.41, 5.74) is 5.28. The van der Waals surface area contributed by atoms with Crippen LogP contribution in [0.1, 0.15) is 32.9 Å². The number of carbonyl (C=O) groups is 2. The fraction of sp³-hybridized carbons (Fsp3) is 0.238. The van der Waals surface area contributed by atoms with Crippen LogP contribution in [0.25, 0.3) is 11.4 Å². The summed E-state index contributed by atoms with van der Waals surface area (Å²) in [6.07, 6.45) is -5.08. The Kier molecular flexibility index (Phi) is 6.89. The third-order valence-corrected chi connectivity index (χ3v) is 4.60. The van der Waals surface area contributed by atoms with Crippen molar-refractivity contribution in [1.82, 2.24) is 25.8 Å². The number of hydrogen-bond donors (Lipinski definition) is 4. The number of aromatic nitrogens is 3. The highest BCUT2D eigenvalue weighted by Crippen LogP contribution is 2.18. The number of halogens is 3. The standard InChI is InChI=1S/C19H19N5O.C2HF3O2/c1-12-22-18(24-23-12)14-4-6-15(7-5-14)19(25)21-9-13-2-3-16-10-20-11-17(16)8-13;3-2(4,5)1(6)7/h2-8,20H,9-11H2,1H3,(H,21,25)(H,22,23,24);(H,6,7). The molecular formula is C21H20F3N5O3. The molecule has 2 heterocycles. The van der Waals surface area contributed by atoms with E-state index in [0.29, 0.717) is 17.9 Å². The van der Waals surface area contributed by atoms with Crippen molar-refractivity contribution in [3.63, 3.8) is 0 Å². The molecular weight excluding hydrogens is 427 g/mol. The first-order valence-electron chi connectivity index (χ1n) is 9.52. The van der Waals surface area contributed by atoms with Crippen molar-refractivity contribution in [2.75, 3.05) is 0 Å². The molecule has 0 aliphatic carbocycles. The molecule has 11 heteroatoms. The molecule has 0 bridgehead atoms. The Morgan fingerprint density at radius 2 is 1.75 bits per heavy atom. The number of carbonyl (C=O) groups excluding carboxylic acids is 1. The van der Waals surface area contributed by atoms with E-state index in [2.05, 4.69) is 44.0 Å². The van der Waals surface area contributed by atoms with Gasteiger partial charge in [0.25, 0.3) is 5.91 Å². The zero-order valence-corrected chi connectivity index (χ0v) is 17.0. The summed E-state index contributed by atoms with van der Waals surface area (Å²) < 4.78 is 31.7. The molecule has 32 heavy (non-hydrogen) atoms. The number of aromatic amines is 1. The van der Waals surface area contributed by atoms with Crippen LogP contribution in [0.5, 0.6) is 0 Å². The summed E-state index contributed by atoms with van der Waals surface area (Å²) >= 11 is 0. The van der Waals surface area contributed by atoms with Gasteiger partial charge in [-0.3, -0.25) is 9.89 Å². The number of nitrogens with zero attached hydrogens (tertiary/aromatic N) is 2. The minimum absolute atomic E-state index is 0.0867. The lowest BCUT2D eigenvalue weighted by atomic mass is 10.1. The molecule has 1 aromatic heterocycles. The third-order valence-electron chi connectivity index (χ3n) is 4.60. The number of aliphatic carboxylic acids is 1. The van der Waals surface area contributed by atoms with Crippen LogP contribution in [0.2, 0.25) is 0 Å². The Morgan fingerprint density at radius 1 is 1.09 bits per heavy atom. The SMILES string of the molecule is Cc1nc(-c2ccc(C(=O)NCc3ccc4c(c3)CNC4)cc2)n[nH]1.O=C(O)C(F)(F)F. The first kappa shape index (κ1) is 22.9. The van der Waals surface area contributed by atoms with Crippen LogP contribution in [0.3, 0.4) is 0 Å². The van der Waals surface area contributed by atoms with Gasteiger partial charge in [0.15, 0.2) is 5.82 Å². The number of alkyl halides is 3. The highest BCUT2D eigenvalue weighted by molar-refractivity contribution is 5.94. The number of nitrogens with one attached hydrogen (secondary N) is 3. The fourth-order valence-electron chi connectivity index (χ4n) is 2.98. The Labute approximate surface area is 180 Å². The van der Waals surface area contributed by atoms with Crippen LogP contribution in [0.4, 0.5) is 13.2 Å². The van der Waals surface area contributed by atoms with Gasteiger partial charge in [-0.05, 0) is 35.7 Å². The summed E-state index contributed by atoms with van der Waals surface area (Å²) in [5, 5.41) is 20.4. The van der Waals surface area contributed by atoms with E-state index in [9.17, 15) is 18.0 Å². The van der Waals surface area contributed by atoms with Crippen molar-refractivity contribution in [2.24, 2.45) is 0 Å². The van der Waals surface area contributed by atoms with Crippen LogP contribution in [0, 0.1) is 6.92 Å². The maximum atomic E-state index is 12.3. The molecule has 0 radical (unpaired) electrons. The Balaban J connectivity index is 0.000000360. The molecule has 2 aromatic carbocycles. The summed E-state index contributed by atoms with van der Waals surface area (Å²) in [7, 11) is 0. The van der Waals surface area contributed by atoms with E-state index < -0.39 is 12.1 Å². The Morgan fingerprint density at radius 3 is 2.34 bits per heavy atom. The van der Waals surface area contributed by atoms with Crippen molar-refractivity contribution in [3.05, 3.63) is 70.5 Å². The van der Waals surface area contributed by atoms with Crippen LogP contribution < -0.4 is 10.6 Å². The number of H-pyrrole nitrogens is 1. The number of hydrogen-bond acceptors (Lipinski definition) is 5. The molecule has 0 saturated heterocycles. The largest absolute Gasteiger partial charge is 0.490 e. The molecule has 1 amide bonds. The molecule has 0 spiro atoms. The van der Waals surface area contributed by atoms with Crippen LogP contribution >= 0.6 is 0 Å². The highest BCUT2D eigenvalue weighted by Gasteiger charge is 2.38. The molecule has 168 valence electrons. The number of carboxylic acid groups (broad SMARTS) is 1. The van der Waals surface area contributed by atoms with Gasteiger partial charge in [-0.25, -0.2) is 9.78 Å². The average Bonchev–Trinajstić information content (AvgIpc) is 3.40. The van der Waals surface area contributed by atoms with Crippen LogP contribution in [0.15, 0.2) is 42.5 Å². The van der Waals surface area contributed by atoms with Crippen LogP contribution in [-0.2, 0) is 24.4 Å². The summed E-state index contributed by atoms with van der Waals surface area (Å²) in [6, 6.07) is 13.7. The van der Waals surface area contributed by atoms with Crippen molar-refractivity contribution < 1.29 is 27.9 Å².